The molecule has 1 aromatic heterocycles. The van der Waals surface area contributed by atoms with Gasteiger partial charge in [-0.1, -0.05) is 30.3 Å². The maximum absolute atomic E-state index is 12.4. The predicted molar refractivity (Wildman–Crippen MR) is 118 cm³/mol. The molecule has 4 rings (SSSR count). The first kappa shape index (κ1) is 20.2. The number of ether oxygens (including phenoxy) is 1. The summed E-state index contributed by atoms with van der Waals surface area (Å²) >= 11 is 1.76. The number of thiophene rings is 1. The average molecular weight is 421 g/mol. The zero-order valence-corrected chi connectivity index (χ0v) is 17.5. The fraction of sp³-hybridized carbons (Fsp3) is 0.250. The number of hydrogen-bond donors (Lipinski definition) is 1. The van der Waals surface area contributed by atoms with Crippen LogP contribution in [0, 0.1) is 0 Å². The Hall–Kier alpha value is -3.12. The lowest BCUT2D eigenvalue weighted by Gasteiger charge is -2.27. The summed E-state index contributed by atoms with van der Waals surface area (Å²) in [5, 5.41) is 4.92. The van der Waals surface area contributed by atoms with E-state index in [9.17, 15) is 9.59 Å². The van der Waals surface area contributed by atoms with Crippen LogP contribution in [0.25, 0.3) is 0 Å². The summed E-state index contributed by atoms with van der Waals surface area (Å²) in [6, 6.07) is 19.1. The molecular weight excluding hydrogens is 396 g/mol. The van der Waals surface area contributed by atoms with Crippen LogP contribution in [0.3, 0.4) is 0 Å². The van der Waals surface area contributed by atoms with Crippen molar-refractivity contribution in [3.8, 4) is 5.75 Å². The molecule has 0 atom stereocenters. The molecule has 6 heteroatoms. The fourth-order valence-electron chi connectivity index (χ4n) is 3.45. The second-order valence-electron chi connectivity index (χ2n) is 7.24. The largest absolute Gasteiger partial charge is 0.489 e. The average Bonchev–Trinajstić information content (AvgIpc) is 3.26. The molecule has 0 aliphatic carbocycles. The van der Waals surface area contributed by atoms with E-state index in [4.69, 9.17) is 4.74 Å². The highest BCUT2D eigenvalue weighted by Crippen LogP contribution is 2.24. The molecule has 1 N–H and O–H groups in total. The van der Waals surface area contributed by atoms with Crippen LogP contribution in [0.1, 0.15) is 32.8 Å². The number of amides is 2. The smallest absolute Gasteiger partial charge is 0.251 e. The first-order valence-corrected chi connectivity index (χ1v) is 10.9. The molecule has 154 valence electrons. The van der Waals surface area contributed by atoms with E-state index in [0.717, 1.165) is 18.5 Å². The number of hydrogen-bond acceptors (Lipinski definition) is 4. The van der Waals surface area contributed by atoms with Gasteiger partial charge in [-0.2, -0.15) is 0 Å². The summed E-state index contributed by atoms with van der Waals surface area (Å²) in [7, 11) is 0. The molecule has 3 aromatic rings. The van der Waals surface area contributed by atoms with Crippen molar-refractivity contribution in [3.05, 3.63) is 87.6 Å². The van der Waals surface area contributed by atoms with Crippen LogP contribution in [0.4, 0.5) is 0 Å². The lowest BCUT2D eigenvalue weighted by Crippen LogP contribution is -2.37. The fourth-order valence-corrected chi connectivity index (χ4v) is 4.34. The van der Waals surface area contributed by atoms with Gasteiger partial charge in [0, 0.05) is 36.5 Å². The van der Waals surface area contributed by atoms with E-state index < -0.39 is 0 Å². The van der Waals surface area contributed by atoms with E-state index in [-0.39, 0.29) is 11.8 Å². The van der Waals surface area contributed by atoms with Crippen LogP contribution in [0.15, 0.2) is 66.0 Å². The maximum atomic E-state index is 12.4. The summed E-state index contributed by atoms with van der Waals surface area (Å²) in [5.74, 6) is 0.608. The van der Waals surface area contributed by atoms with Crippen LogP contribution in [0.5, 0.6) is 5.75 Å². The van der Waals surface area contributed by atoms with Crippen molar-refractivity contribution >= 4 is 23.2 Å². The summed E-state index contributed by atoms with van der Waals surface area (Å²) in [5.41, 5.74) is 2.89. The van der Waals surface area contributed by atoms with Gasteiger partial charge >= 0.3 is 0 Å². The van der Waals surface area contributed by atoms with Crippen LogP contribution < -0.4 is 10.1 Å². The SMILES string of the molecule is O=C(NCCC(=O)N1CCc2sccc2C1)c1ccc(OCc2ccccc2)cc1. The number of fused-ring (bicyclic) bond motifs is 1. The molecule has 0 saturated carbocycles. The molecule has 0 unspecified atom stereocenters. The van der Waals surface area contributed by atoms with E-state index in [1.165, 1.54) is 10.4 Å². The minimum absolute atomic E-state index is 0.0804. The summed E-state index contributed by atoms with van der Waals surface area (Å²) in [6.07, 6.45) is 1.23. The number of nitrogens with zero attached hydrogens (tertiary/aromatic N) is 1. The Kier molecular flexibility index (Phi) is 6.44. The van der Waals surface area contributed by atoms with Gasteiger partial charge in [0.1, 0.15) is 12.4 Å². The van der Waals surface area contributed by atoms with E-state index in [1.54, 1.807) is 35.6 Å². The normalized spacial score (nSPS) is 12.9. The Balaban J connectivity index is 1.21. The number of carbonyl (C=O) groups excluding carboxylic acids is 2. The predicted octanol–water partition coefficient (Wildman–Crippen LogP) is 4.03. The quantitative estimate of drug-likeness (QED) is 0.628. The second-order valence-corrected chi connectivity index (χ2v) is 8.24. The molecule has 0 bridgehead atoms. The zero-order chi connectivity index (χ0) is 20.8. The summed E-state index contributed by atoms with van der Waals surface area (Å²) in [4.78, 5) is 28.0. The Morgan fingerprint density at radius 2 is 1.83 bits per heavy atom. The van der Waals surface area contributed by atoms with Gasteiger partial charge in [0.05, 0.1) is 0 Å². The Labute approximate surface area is 180 Å². The lowest BCUT2D eigenvalue weighted by atomic mass is 10.1. The molecular formula is C24H24N2O3S. The highest BCUT2D eigenvalue weighted by molar-refractivity contribution is 7.10. The molecule has 2 aromatic carbocycles. The van der Waals surface area contributed by atoms with Gasteiger partial charge in [-0.15, -0.1) is 11.3 Å². The van der Waals surface area contributed by atoms with E-state index in [1.807, 2.05) is 35.2 Å². The van der Waals surface area contributed by atoms with Crippen LogP contribution in [0.2, 0.25) is 0 Å². The molecule has 0 spiro atoms. The van der Waals surface area contributed by atoms with Gasteiger partial charge in [0.15, 0.2) is 0 Å². The number of nitrogens with one attached hydrogen (secondary N) is 1. The molecule has 0 fully saturated rings. The number of carbonyl (C=O) groups is 2. The molecule has 30 heavy (non-hydrogen) atoms. The lowest BCUT2D eigenvalue weighted by molar-refractivity contribution is -0.131. The third-order valence-electron chi connectivity index (χ3n) is 5.15. The van der Waals surface area contributed by atoms with Crippen molar-refractivity contribution in [1.82, 2.24) is 10.2 Å². The third kappa shape index (κ3) is 5.07. The van der Waals surface area contributed by atoms with E-state index >= 15 is 0 Å². The minimum Gasteiger partial charge on any atom is -0.489 e. The number of benzene rings is 2. The molecule has 1 aliphatic heterocycles. The van der Waals surface area contributed by atoms with Crippen LogP contribution in [-0.2, 0) is 24.4 Å². The minimum atomic E-state index is -0.184. The standard InChI is InChI=1S/C24H24N2O3S/c27-23(26-14-11-22-20(16-26)12-15-30-22)10-13-25-24(28)19-6-8-21(9-7-19)29-17-18-4-2-1-3-5-18/h1-9,12,15H,10-11,13-14,16-17H2,(H,25,28). The highest BCUT2D eigenvalue weighted by atomic mass is 32.1. The molecule has 1 aliphatic rings. The molecule has 2 heterocycles. The highest BCUT2D eigenvalue weighted by Gasteiger charge is 2.21. The van der Waals surface area contributed by atoms with Crippen molar-refractivity contribution in [2.24, 2.45) is 0 Å². The van der Waals surface area contributed by atoms with Gasteiger partial charge in [-0.25, -0.2) is 0 Å². The third-order valence-corrected chi connectivity index (χ3v) is 6.17. The first-order valence-electron chi connectivity index (χ1n) is 10.1. The maximum Gasteiger partial charge on any atom is 0.251 e. The Bertz CT molecular complexity index is 999. The molecule has 2 amide bonds. The van der Waals surface area contributed by atoms with Gasteiger partial charge in [-0.05, 0) is 53.3 Å². The molecule has 0 radical (unpaired) electrons. The monoisotopic (exact) mass is 420 g/mol. The first-order chi connectivity index (χ1) is 14.7. The van der Waals surface area contributed by atoms with Crippen molar-refractivity contribution < 1.29 is 14.3 Å². The van der Waals surface area contributed by atoms with Gasteiger partial charge in [0.25, 0.3) is 5.91 Å². The topological polar surface area (TPSA) is 58.6 Å². The summed E-state index contributed by atoms with van der Waals surface area (Å²) < 4.78 is 5.74. The summed E-state index contributed by atoms with van der Waals surface area (Å²) in [6.45, 7) is 2.25. The van der Waals surface area contributed by atoms with Gasteiger partial charge < -0.3 is 15.0 Å². The second kappa shape index (κ2) is 9.59. The van der Waals surface area contributed by atoms with Gasteiger partial charge in [-0.3, -0.25) is 9.59 Å². The van der Waals surface area contributed by atoms with Crippen molar-refractivity contribution in [3.63, 3.8) is 0 Å². The van der Waals surface area contributed by atoms with E-state index in [0.29, 0.717) is 37.4 Å². The van der Waals surface area contributed by atoms with Crippen LogP contribution in [-0.4, -0.2) is 29.8 Å². The number of rotatable bonds is 7. The van der Waals surface area contributed by atoms with Crippen molar-refractivity contribution in [2.45, 2.75) is 26.0 Å². The van der Waals surface area contributed by atoms with Crippen molar-refractivity contribution in [1.29, 1.82) is 0 Å². The zero-order valence-electron chi connectivity index (χ0n) is 16.7. The van der Waals surface area contributed by atoms with Crippen molar-refractivity contribution in [2.75, 3.05) is 13.1 Å². The molecule has 0 saturated heterocycles. The van der Waals surface area contributed by atoms with Crippen LogP contribution >= 0.6 is 11.3 Å². The Morgan fingerprint density at radius 3 is 2.63 bits per heavy atom. The van der Waals surface area contributed by atoms with E-state index in [2.05, 4.69) is 16.8 Å². The molecule has 5 nitrogen and oxygen atoms in total. The Morgan fingerprint density at radius 1 is 1.03 bits per heavy atom. The van der Waals surface area contributed by atoms with Gasteiger partial charge in [0.2, 0.25) is 5.91 Å².